The maximum atomic E-state index is 11.2. The highest BCUT2D eigenvalue weighted by Gasteiger charge is 2.16. The van der Waals surface area contributed by atoms with Crippen molar-refractivity contribution in [3.8, 4) is 0 Å². The average molecular weight is 297 g/mol. The van der Waals surface area contributed by atoms with E-state index in [2.05, 4.69) is 21.2 Å². The van der Waals surface area contributed by atoms with Crippen LogP contribution in [0.15, 0.2) is 22.7 Å². The molecule has 0 aliphatic carbocycles. The van der Waals surface area contributed by atoms with Gasteiger partial charge in [0.2, 0.25) is 5.91 Å². The number of rotatable bonds is 2. The molecule has 0 bridgehead atoms. The Hall–Kier alpha value is -0.250. The van der Waals surface area contributed by atoms with Crippen molar-refractivity contribution < 1.29 is 4.79 Å². The Morgan fingerprint density at radius 1 is 1.57 bits per heavy atom. The van der Waals surface area contributed by atoms with Crippen molar-refractivity contribution in [2.24, 2.45) is 0 Å². The lowest BCUT2D eigenvalue weighted by Crippen LogP contribution is -2.22. The molecule has 0 saturated heterocycles. The molecule has 1 aromatic carbocycles. The first kappa shape index (κ1) is 11.8. The van der Waals surface area contributed by atoms with Gasteiger partial charge in [0.15, 0.2) is 0 Å². The second-order valence-electron chi connectivity index (χ2n) is 2.65. The number of alkyl halides is 1. The van der Waals surface area contributed by atoms with Gasteiger partial charge in [-0.1, -0.05) is 17.7 Å². The lowest BCUT2D eigenvalue weighted by atomic mass is 10.1. The van der Waals surface area contributed by atoms with Gasteiger partial charge in [-0.3, -0.25) is 4.79 Å². The van der Waals surface area contributed by atoms with E-state index in [1.54, 1.807) is 18.2 Å². The summed E-state index contributed by atoms with van der Waals surface area (Å²) in [6.07, 6.45) is 0. The average Bonchev–Trinajstić information content (AvgIpc) is 2.20. The van der Waals surface area contributed by atoms with Crippen LogP contribution >= 0.6 is 39.1 Å². The number of carbonyl (C=O) groups is 1. The molecule has 0 aliphatic heterocycles. The summed E-state index contributed by atoms with van der Waals surface area (Å²) in [5.74, 6) is -0.245. The number of halogens is 3. The standard InChI is InChI=1S/C9H8BrCl2NO/c1-13-9(14)8(12)5-2-3-6(10)7(11)4-5/h2-4,8H,1H3,(H,13,14). The Labute approximate surface area is 101 Å². The number of hydrogen-bond acceptors (Lipinski definition) is 1. The quantitative estimate of drug-likeness (QED) is 0.835. The molecule has 5 heteroatoms. The van der Waals surface area contributed by atoms with E-state index in [1.165, 1.54) is 7.05 Å². The van der Waals surface area contributed by atoms with E-state index in [4.69, 9.17) is 23.2 Å². The number of nitrogens with one attached hydrogen (secondary N) is 1. The fourth-order valence-corrected chi connectivity index (χ4v) is 1.63. The van der Waals surface area contributed by atoms with Gasteiger partial charge in [0, 0.05) is 11.5 Å². The molecule has 1 atom stereocenters. The monoisotopic (exact) mass is 295 g/mol. The number of benzene rings is 1. The van der Waals surface area contributed by atoms with Crippen LogP contribution in [0.25, 0.3) is 0 Å². The van der Waals surface area contributed by atoms with Crippen molar-refractivity contribution in [2.75, 3.05) is 7.05 Å². The van der Waals surface area contributed by atoms with Crippen molar-refractivity contribution in [3.05, 3.63) is 33.3 Å². The predicted octanol–water partition coefficient (Wildman–Crippen LogP) is 3.13. The summed E-state index contributed by atoms with van der Waals surface area (Å²) >= 11 is 15.0. The first-order chi connectivity index (χ1) is 6.56. The molecule has 1 N–H and O–H groups in total. The first-order valence-corrected chi connectivity index (χ1v) is 5.47. The topological polar surface area (TPSA) is 29.1 Å². The van der Waals surface area contributed by atoms with Crippen molar-refractivity contribution in [2.45, 2.75) is 5.38 Å². The van der Waals surface area contributed by atoms with Gasteiger partial charge in [0.25, 0.3) is 0 Å². The summed E-state index contributed by atoms with van der Waals surface area (Å²) in [6.45, 7) is 0. The molecule has 76 valence electrons. The second-order valence-corrected chi connectivity index (χ2v) is 4.35. The smallest absolute Gasteiger partial charge is 0.242 e. The zero-order valence-corrected chi connectivity index (χ0v) is 10.4. The number of likely N-dealkylation sites (N-methyl/N-ethyl adjacent to an activating group) is 1. The minimum atomic E-state index is -0.703. The third kappa shape index (κ3) is 2.62. The van der Waals surface area contributed by atoms with Gasteiger partial charge in [-0.05, 0) is 33.6 Å². The molecule has 1 unspecified atom stereocenters. The normalized spacial score (nSPS) is 12.3. The van der Waals surface area contributed by atoms with Gasteiger partial charge in [-0.15, -0.1) is 11.6 Å². The molecule has 0 saturated carbocycles. The summed E-state index contributed by atoms with van der Waals surface area (Å²) in [5, 5.41) is 2.31. The maximum absolute atomic E-state index is 11.2. The van der Waals surface area contributed by atoms with Crippen LogP contribution < -0.4 is 5.32 Å². The van der Waals surface area contributed by atoms with E-state index < -0.39 is 5.38 Å². The van der Waals surface area contributed by atoms with Crippen molar-refractivity contribution in [3.63, 3.8) is 0 Å². The Balaban J connectivity index is 2.96. The van der Waals surface area contributed by atoms with Gasteiger partial charge in [0.1, 0.15) is 5.38 Å². The van der Waals surface area contributed by atoms with E-state index in [-0.39, 0.29) is 5.91 Å². The fraction of sp³-hybridized carbons (Fsp3) is 0.222. The highest BCUT2D eigenvalue weighted by atomic mass is 79.9. The van der Waals surface area contributed by atoms with Gasteiger partial charge in [0.05, 0.1) is 5.02 Å². The molecular weight excluding hydrogens is 289 g/mol. The van der Waals surface area contributed by atoms with E-state index in [0.29, 0.717) is 10.6 Å². The van der Waals surface area contributed by atoms with E-state index in [1.807, 2.05) is 0 Å². The number of hydrogen-bond donors (Lipinski definition) is 1. The molecule has 14 heavy (non-hydrogen) atoms. The third-order valence-corrected chi connectivity index (χ3v) is 3.40. The van der Waals surface area contributed by atoms with Crippen LogP contribution in [0.3, 0.4) is 0 Å². The van der Waals surface area contributed by atoms with Gasteiger partial charge in [-0.2, -0.15) is 0 Å². The van der Waals surface area contributed by atoms with Crippen molar-refractivity contribution >= 4 is 45.0 Å². The fourth-order valence-electron chi connectivity index (χ4n) is 0.948. The first-order valence-electron chi connectivity index (χ1n) is 3.87. The summed E-state index contributed by atoms with van der Waals surface area (Å²) in [7, 11) is 1.54. The molecule has 1 aromatic rings. The molecule has 2 nitrogen and oxygen atoms in total. The highest BCUT2D eigenvalue weighted by molar-refractivity contribution is 9.10. The molecule has 0 aromatic heterocycles. The van der Waals surface area contributed by atoms with Crippen LogP contribution in [0.5, 0.6) is 0 Å². The van der Waals surface area contributed by atoms with E-state index in [0.717, 1.165) is 4.47 Å². The van der Waals surface area contributed by atoms with Crippen LogP contribution in [0.4, 0.5) is 0 Å². The van der Waals surface area contributed by atoms with E-state index in [9.17, 15) is 4.79 Å². The van der Waals surface area contributed by atoms with Crippen molar-refractivity contribution in [1.29, 1.82) is 0 Å². The Kier molecular flexibility index (Phi) is 4.23. The summed E-state index contributed by atoms with van der Waals surface area (Å²) in [5.41, 5.74) is 0.680. The molecule has 0 aliphatic rings. The SMILES string of the molecule is CNC(=O)C(Cl)c1ccc(Br)c(Cl)c1. The largest absolute Gasteiger partial charge is 0.358 e. The Bertz CT molecular complexity index is 357. The van der Waals surface area contributed by atoms with Crippen LogP contribution in [0.2, 0.25) is 5.02 Å². The molecule has 1 rings (SSSR count). The number of amides is 1. The van der Waals surface area contributed by atoms with E-state index >= 15 is 0 Å². The minimum absolute atomic E-state index is 0.245. The lowest BCUT2D eigenvalue weighted by Gasteiger charge is -2.08. The Morgan fingerprint density at radius 3 is 2.71 bits per heavy atom. The minimum Gasteiger partial charge on any atom is -0.358 e. The van der Waals surface area contributed by atoms with Gasteiger partial charge >= 0.3 is 0 Å². The summed E-state index contributed by atoms with van der Waals surface area (Å²) in [4.78, 5) is 11.2. The molecule has 0 fully saturated rings. The zero-order chi connectivity index (χ0) is 10.7. The molecule has 0 radical (unpaired) electrons. The van der Waals surface area contributed by atoms with Gasteiger partial charge in [-0.25, -0.2) is 0 Å². The van der Waals surface area contributed by atoms with Crippen LogP contribution in [0.1, 0.15) is 10.9 Å². The molecule has 0 heterocycles. The predicted molar refractivity (Wildman–Crippen MR) is 61.8 cm³/mol. The summed E-state index contributed by atoms with van der Waals surface area (Å²) < 4.78 is 0.781. The van der Waals surface area contributed by atoms with Crippen LogP contribution in [-0.2, 0) is 4.79 Å². The Morgan fingerprint density at radius 2 is 2.21 bits per heavy atom. The van der Waals surface area contributed by atoms with Crippen molar-refractivity contribution in [1.82, 2.24) is 5.32 Å². The number of carbonyl (C=O) groups excluding carboxylic acids is 1. The van der Waals surface area contributed by atoms with Crippen LogP contribution in [-0.4, -0.2) is 13.0 Å². The second kappa shape index (κ2) is 5.01. The summed E-state index contributed by atoms with van der Waals surface area (Å²) in [6, 6.07) is 5.18. The molecule has 0 spiro atoms. The van der Waals surface area contributed by atoms with Gasteiger partial charge < -0.3 is 5.32 Å². The highest BCUT2D eigenvalue weighted by Crippen LogP contribution is 2.28. The van der Waals surface area contributed by atoms with Crippen LogP contribution in [0, 0.1) is 0 Å². The third-order valence-electron chi connectivity index (χ3n) is 1.71. The lowest BCUT2D eigenvalue weighted by molar-refractivity contribution is -0.120. The molecular formula is C9H8BrCl2NO. The zero-order valence-electron chi connectivity index (χ0n) is 7.35. The molecule has 1 amide bonds. The maximum Gasteiger partial charge on any atom is 0.242 e.